The first-order valence-electron chi connectivity index (χ1n) is 5.09. The number of aliphatic hydroxyl groups is 1. The predicted molar refractivity (Wildman–Crippen MR) is 64.6 cm³/mol. The summed E-state index contributed by atoms with van der Waals surface area (Å²) in [7, 11) is -1.43. The molecule has 1 rings (SSSR count). The molecule has 1 aromatic carbocycles. The van der Waals surface area contributed by atoms with Crippen LogP contribution in [0.1, 0.15) is 6.92 Å². The van der Waals surface area contributed by atoms with E-state index in [4.69, 9.17) is 5.11 Å². The van der Waals surface area contributed by atoms with Crippen molar-refractivity contribution in [1.29, 1.82) is 0 Å². The van der Waals surface area contributed by atoms with Gasteiger partial charge in [-0.3, -0.25) is 9.00 Å². The number of carbonyl (C=O) groups is 1. The second-order valence-corrected chi connectivity index (χ2v) is 5.33. The molecule has 2 atom stereocenters. The fourth-order valence-corrected chi connectivity index (χ4v) is 2.03. The summed E-state index contributed by atoms with van der Waals surface area (Å²) in [6.07, 6.45) is 0. The Morgan fingerprint density at radius 1 is 1.59 bits per heavy atom. The van der Waals surface area contributed by atoms with Gasteiger partial charge in [-0.15, -0.1) is 0 Å². The van der Waals surface area contributed by atoms with Crippen molar-refractivity contribution in [3.63, 3.8) is 0 Å². The Balaban J connectivity index is 2.63. The molecule has 94 valence electrons. The van der Waals surface area contributed by atoms with Gasteiger partial charge in [-0.25, -0.2) is 4.39 Å². The van der Waals surface area contributed by atoms with Crippen LogP contribution < -0.4 is 5.32 Å². The second-order valence-electron chi connectivity index (χ2n) is 3.45. The molecule has 0 aliphatic carbocycles. The molecule has 17 heavy (non-hydrogen) atoms. The second kappa shape index (κ2) is 6.46. The van der Waals surface area contributed by atoms with E-state index >= 15 is 0 Å². The van der Waals surface area contributed by atoms with Gasteiger partial charge in [0.15, 0.2) is 0 Å². The summed E-state index contributed by atoms with van der Waals surface area (Å²) >= 11 is 0. The van der Waals surface area contributed by atoms with Crippen LogP contribution >= 0.6 is 0 Å². The molecule has 0 bridgehead atoms. The smallest absolute Gasteiger partial charge is 0.239 e. The first kappa shape index (κ1) is 13.8. The summed E-state index contributed by atoms with van der Waals surface area (Å²) in [5, 5.41) is 10.3. The van der Waals surface area contributed by atoms with Crippen LogP contribution in [0.15, 0.2) is 24.3 Å². The van der Waals surface area contributed by atoms with Crippen LogP contribution in [0.25, 0.3) is 0 Å². The minimum atomic E-state index is -1.43. The number of carbonyl (C=O) groups excluding carboxylic acids is 1. The molecule has 0 radical (unpaired) electrons. The number of hydrogen-bond acceptors (Lipinski definition) is 3. The maximum Gasteiger partial charge on any atom is 0.239 e. The monoisotopic (exact) mass is 259 g/mol. The Morgan fingerprint density at radius 3 is 2.88 bits per heavy atom. The molecule has 0 fully saturated rings. The van der Waals surface area contributed by atoms with Crippen molar-refractivity contribution in [2.45, 2.75) is 12.2 Å². The van der Waals surface area contributed by atoms with Gasteiger partial charge in [-0.05, 0) is 25.1 Å². The van der Waals surface area contributed by atoms with Crippen molar-refractivity contribution in [3.05, 3.63) is 30.1 Å². The first-order valence-corrected chi connectivity index (χ1v) is 6.47. The van der Waals surface area contributed by atoms with Gasteiger partial charge in [0, 0.05) is 22.2 Å². The highest BCUT2D eigenvalue weighted by atomic mass is 32.2. The highest BCUT2D eigenvalue weighted by Gasteiger charge is 2.19. The third kappa shape index (κ3) is 4.24. The number of benzene rings is 1. The molecular formula is C11H14FNO3S. The van der Waals surface area contributed by atoms with Gasteiger partial charge in [0.25, 0.3) is 0 Å². The molecule has 0 aromatic heterocycles. The summed E-state index contributed by atoms with van der Waals surface area (Å²) in [5.74, 6) is -0.855. The molecule has 1 aromatic rings. The molecule has 0 aliphatic rings. The van der Waals surface area contributed by atoms with E-state index in [1.165, 1.54) is 25.1 Å². The zero-order valence-corrected chi connectivity index (χ0v) is 10.2. The largest absolute Gasteiger partial charge is 0.395 e. The van der Waals surface area contributed by atoms with Crippen molar-refractivity contribution in [2.24, 2.45) is 0 Å². The summed E-state index contributed by atoms with van der Waals surface area (Å²) < 4.78 is 24.3. The number of nitrogens with one attached hydrogen (secondary N) is 1. The van der Waals surface area contributed by atoms with Crippen molar-refractivity contribution >= 4 is 22.4 Å². The van der Waals surface area contributed by atoms with Crippen LogP contribution in [-0.2, 0) is 15.6 Å². The lowest BCUT2D eigenvalue weighted by molar-refractivity contribution is -0.115. The molecule has 0 saturated heterocycles. The van der Waals surface area contributed by atoms with Crippen molar-refractivity contribution in [1.82, 2.24) is 0 Å². The molecule has 0 spiro atoms. The van der Waals surface area contributed by atoms with E-state index in [0.29, 0.717) is 5.69 Å². The lowest BCUT2D eigenvalue weighted by Crippen LogP contribution is -2.30. The Kier molecular flexibility index (Phi) is 5.24. The lowest BCUT2D eigenvalue weighted by Gasteiger charge is -2.11. The zero-order chi connectivity index (χ0) is 12.8. The average Bonchev–Trinajstić information content (AvgIpc) is 2.28. The van der Waals surface area contributed by atoms with Crippen LogP contribution in [0, 0.1) is 5.82 Å². The van der Waals surface area contributed by atoms with Crippen LogP contribution in [0.3, 0.4) is 0 Å². The third-order valence-electron chi connectivity index (χ3n) is 2.15. The zero-order valence-electron chi connectivity index (χ0n) is 9.35. The minimum Gasteiger partial charge on any atom is -0.395 e. The van der Waals surface area contributed by atoms with Crippen LogP contribution in [0.2, 0.25) is 0 Å². The van der Waals surface area contributed by atoms with Crippen LogP contribution in [0.5, 0.6) is 0 Å². The fraction of sp³-hybridized carbons (Fsp3) is 0.364. The first-order chi connectivity index (χ1) is 8.04. The molecule has 0 saturated carbocycles. The molecule has 0 aliphatic heterocycles. The quantitative estimate of drug-likeness (QED) is 0.825. The van der Waals surface area contributed by atoms with Gasteiger partial charge < -0.3 is 10.4 Å². The van der Waals surface area contributed by atoms with Gasteiger partial charge in [-0.1, -0.05) is 6.07 Å². The number of anilines is 1. The Bertz CT molecular complexity index is 425. The Labute approximate surface area is 101 Å². The number of aliphatic hydroxyl groups excluding tert-OH is 1. The SMILES string of the molecule is C[C@H](C(=O)Nc1cccc(F)c1)[S@@](=O)CCO. The third-order valence-corrected chi connectivity index (χ3v) is 3.74. The average molecular weight is 259 g/mol. The van der Waals surface area contributed by atoms with E-state index in [1.807, 2.05) is 0 Å². The number of amides is 1. The van der Waals surface area contributed by atoms with Crippen LogP contribution in [-0.4, -0.2) is 32.8 Å². The maximum absolute atomic E-state index is 12.9. The molecule has 0 heterocycles. The van der Waals surface area contributed by atoms with E-state index < -0.39 is 27.8 Å². The highest BCUT2D eigenvalue weighted by Crippen LogP contribution is 2.10. The summed E-state index contributed by atoms with van der Waals surface area (Å²) in [6.45, 7) is 1.27. The predicted octanol–water partition coefficient (Wildman–Crippen LogP) is 0.894. The molecule has 0 unspecified atom stereocenters. The molecule has 6 heteroatoms. The topological polar surface area (TPSA) is 66.4 Å². The minimum absolute atomic E-state index is 0.0533. The summed E-state index contributed by atoms with van der Waals surface area (Å²) in [5.41, 5.74) is 0.322. The van der Waals surface area contributed by atoms with E-state index in [2.05, 4.69) is 5.32 Å². The van der Waals surface area contributed by atoms with Gasteiger partial charge >= 0.3 is 0 Å². The van der Waals surface area contributed by atoms with E-state index in [0.717, 1.165) is 0 Å². The molecule has 1 amide bonds. The summed E-state index contributed by atoms with van der Waals surface area (Å²) in [4.78, 5) is 11.6. The van der Waals surface area contributed by atoms with Crippen molar-refractivity contribution < 1.29 is 18.5 Å². The Morgan fingerprint density at radius 2 is 2.29 bits per heavy atom. The summed E-state index contributed by atoms with van der Waals surface area (Å²) in [6, 6.07) is 5.46. The Hall–Kier alpha value is -1.27. The van der Waals surface area contributed by atoms with E-state index in [9.17, 15) is 13.4 Å². The normalized spacial score (nSPS) is 14.1. The maximum atomic E-state index is 12.9. The van der Waals surface area contributed by atoms with Gasteiger partial charge in [0.2, 0.25) is 5.91 Å². The lowest BCUT2D eigenvalue weighted by atomic mass is 10.3. The van der Waals surface area contributed by atoms with E-state index in [1.54, 1.807) is 6.07 Å². The number of hydrogen-bond donors (Lipinski definition) is 2. The van der Waals surface area contributed by atoms with E-state index in [-0.39, 0.29) is 12.4 Å². The fourth-order valence-electron chi connectivity index (χ4n) is 1.20. The highest BCUT2D eigenvalue weighted by molar-refractivity contribution is 7.86. The number of halogens is 1. The van der Waals surface area contributed by atoms with Crippen molar-refractivity contribution in [3.8, 4) is 0 Å². The standard InChI is InChI=1S/C11H14FNO3S/c1-8(17(16)6-5-14)11(15)13-10-4-2-3-9(12)7-10/h2-4,7-8,14H,5-6H2,1H3,(H,13,15)/t8-,17+/m1/s1. The van der Waals surface area contributed by atoms with Gasteiger partial charge in [0.1, 0.15) is 11.1 Å². The number of rotatable bonds is 5. The van der Waals surface area contributed by atoms with Gasteiger partial charge in [0.05, 0.1) is 6.61 Å². The molecule has 2 N–H and O–H groups in total. The van der Waals surface area contributed by atoms with Gasteiger partial charge in [-0.2, -0.15) is 0 Å². The van der Waals surface area contributed by atoms with Crippen LogP contribution in [0.4, 0.5) is 10.1 Å². The molecular weight excluding hydrogens is 245 g/mol. The van der Waals surface area contributed by atoms with Crippen molar-refractivity contribution in [2.75, 3.05) is 17.7 Å². The molecule has 4 nitrogen and oxygen atoms in total.